The van der Waals surface area contributed by atoms with E-state index >= 15 is 0 Å². The van der Waals surface area contributed by atoms with E-state index in [1.165, 1.54) is 7.11 Å². The number of halogens is 1. The van der Waals surface area contributed by atoms with Crippen LogP contribution in [0.3, 0.4) is 0 Å². The first-order valence-electron chi connectivity index (χ1n) is 8.37. The Balaban J connectivity index is 1.58. The third-order valence-corrected chi connectivity index (χ3v) is 4.36. The summed E-state index contributed by atoms with van der Waals surface area (Å²) in [7, 11) is 5.42. The van der Waals surface area contributed by atoms with E-state index in [4.69, 9.17) is 4.74 Å². The van der Waals surface area contributed by atoms with Crippen molar-refractivity contribution in [3.05, 3.63) is 41.8 Å². The van der Waals surface area contributed by atoms with E-state index in [1.54, 1.807) is 18.3 Å². The standard InChI is InChI=1S/C18H24FN5O/c1-22(2)17-6-7-20-18(21-17)24-10-8-23(9-11-24)13-14-4-5-16(25-3)15(19)12-14/h4-7,12H,8-11,13H2,1-3H3. The second kappa shape index (κ2) is 7.65. The first-order chi connectivity index (χ1) is 12.1. The summed E-state index contributed by atoms with van der Waals surface area (Å²) in [6.45, 7) is 4.23. The molecule has 1 aromatic carbocycles. The summed E-state index contributed by atoms with van der Waals surface area (Å²) in [6, 6.07) is 7.05. The zero-order valence-corrected chi connectivity index (χ0v) is 14.9. The summed E-state index contributed by atoms with van der Waals surface area (Å²) in [5.74, 6) is 1.64. The van der Waals surface area contributed by atoms with E-state index in [-0.39, 0.29) is 11.6 Å². The Morgan fingerprint density at radius 2 is 1.92 bits per heavy atom. The first-order valence-corrected chi connectivity index (χ1v) is 8.37. The van der Waals surface area contributed by atoms with Crippen LogP contribution in [0, 0.1) is 5.82 Å². The molecule has 0 spiro atoms. The van der Waals surface area contributed by atoms with Gasteiger partial charge in [-0.1, -0.05) is 6.07 Å². The summed E-state index contributed by atoms with van der Waals surface area (Å²) in [5, 5.41) is 0. The molecule has 0 N–H and O–H groups in total. The molecule has 134 valence electrons. The largest absolute Gasteiger partial charge is 0.494 e. The molecule has 0 bridgehead atoms. The van der Waals surface area contributed by atoms with Crippen molar-refractivity contribution in [2.45, 2.75) is 6.54 Å². The van der Waals surface area contributed by atoms with Crippen LogP contribution >= 0.6 is 0 Å². The van der Waals surface area contributed by atoms with Gasteiger partial charge in [-0.25, -0.2) is 9.37 Å². The molecule has 0 radical (unpaired) electrons. The Morgan fingerprint density at radius 3 is 2.56 bits per heavy atom. The van der Waals surface area contributed by atoms with Gasteiger partial charge in [0.05, 0.1) is 7.11 Å². The average Bonchev–Trinajstić information content (AvgIpc) is 2.62. The lowest BCUT2D eigenvalue weighted by Gasteiger charge is -2.35. The predicted octanol–water partition coefficient (Wildman–Crippen LogP) is 2.01. The lowest BCUT2D eigenvalue weighted by Crippen LogP contribution is -2.46. The molecule has 0 saturated carbocycles. The zero-order valence-electron chi connectivity index (χ0n) is 14.9. The van der Waals surface area contributed by atoms with E-state index in [9.17, 15) is 4.39 Å². The van der Waals surface area contributed by atoms with Gasteiger partial charge in [-0.2, -0.15) is 4.98 Å². The van der Waals surface area contributed by atoms with Crippen LogP contribution in [-0.4, -0.2) is 62.3 Å². The zero-order chi connectivity index (χ0) is 17.8. The predicted molar refractivity (Wildman–Crippen MR) is 96.8 cm³/mol. The number of hydrogen-bond acceptors (Lipinski definition) is 6. The van der Waals surface area contributed by atoms with Crippen LogP contribution in [0.5, 0.6) is 5.75 Å². The maximum atomic E-state index is 13.8. The van der Waals surface area contributed by atoms with Crippen LogP contribution in [0.25, 0.3) is 0 Å². The van der Waals surface area contributed by atoms with E-state index in [1.807, 2.05) is 31.1 Å². The maximum Gasteiger partial charge on any atom is 0.227 e. The van der Waals surface area contributed by atoms with E-state index in [2.05, 4.69) is 19.8 Å². The first kappa shape index (κ1) is 17.4. The average molecular weight is 345 g/mol. The van der Waals surface area contributed by atoms with Crippen LogP contribution in [0.4, 0.5) is 16.2 Å². The Bertz CT molecular complexity index is 716. The lowest BCUT2D eigenvalue weighted by atomic mass is 10.2. The Labute approximate surface area is 147 Å². The molecule has 0 unspecified atom stereocenters. The highest BCUT2D eigenvalue weighted by atomic mass is 19.1. The van der Waals surface area contributed by atoms with E-state index < -0.39 is 0 Å². The molecular formula is C18H24FN5O. The normalized spacial score (nSPS) is 15.3. The third kappa shape index (κ3) is 4.17. The second-order valence-electron chi connectivity index (χ2n) is 6.34. The quantitative estimate of drug-likeness (QED) is 0.826. The van der Waals surface area contributed by atoms with Gasteiger partial charge < -0.3 is 14.5 Å². The molecule has 7 heteroatoms. The number of rotatable bonds is 5. The summed E-state index contributed by atoms with van der Waals surface area (Å²) < 4.78 is 18.8. The Kier molecular flexibility index (Phi) is 5.33. The minimum Gasteiger partial charge on any atom is -0.494 e. The molecule has 1 aliphatic rings. The molecule has 3 rings (SSSR count). The van der Waals surface area contributed by atoms with E-state index in [0.29, 0.717) is 0 Å². The van der Waals surface area contributed by atoms with Crippen molar-refractivity contribution in [1.82, 2.24) is 14.9 Å². The molecule has 0 aliphatic carbocycles. The number of nitrogens with zero attached hydrogens (tertiary/aromatic N) is 5. The van der Waals surface area contributed by atoms with Gasteiger partial charge >= 0.3 is 0 Å². The van der Waals surface area contributed by atoms with E-state index in [0.717, 1.165) is 50.1 Å². The van der Waals surface area contributed by atoms with Crippen LogP contribution in [0.15, 0.2) is 30.5 Å². The summed E-state index contributed by atoms with van der Waals surface area (Å²) in [4.78, 5) is 15.5. The van der Waals surface area contributed by atoms with Gasteiger partial charge in [0.2, 0.25) is 5.95 Å². The highest BCUT2D eigenvalue weighted by Gasteiger charge is 2.20. The van der Waals surface area contributed by atoms with Gasteiger partial charge in [0, 0.05) is 53.0 Å². The Morgan fingerprint density at radius 1 is 1.16 bits per heavy atom. The van der Waals surface area contributed by atoms with Crippen molar-refractivity contribution in [3.8, 4) is 5.75 Å². The van der Waals surface area contributed by atoms with Crippen molar-refractivity contribution in [1.29, 1.82) is 0 Å². The van der Waals surface area contributed by atoms with Crippen LogP contribution < -0.4 is 14.5 Å². The SMILES string of the molecule is COc1ccc(CN2CCN(c3nccc(N(C)C)n3)CC2)cc1F. The monoisotopic (exact) mass is 345 g/mol. The number of hydrogen-bond donors (Lipinski definition) is 0. The number of benzene rings is 1. The van der Waals surface area contributed by atoms with Crippen LogP contribution in [-0.2, 0) is 6.54 Å². The molecule has 2 aromatic rings. The van der Waals surface area contributed by atoms with Gasteiger partial charge in [0.1, 0.15) is 5.82 Å². The number of piperazine rings is 1. The molecule has 1 fully saturated rings. The maximum absolute atomic E-state index is 13.8. The highest BCUT2D eigenvalue weighted by Crippen LogP contribution is 2.20. The minimum absolute atomic E-state index is 0.284. The molecule has 6 nitrogen and oxygen atoms in total. The molecule has 0 atom stereocenters. The number of methoxy groups -OCH3 is 1. The van der Waals surface area contributed by atoms with Gasteiger partial charge in [-0.3, -0.25) is 4.90 Å². The van der Waals surface area contributed by atoms with Crippen molar-refractivity contribution >= 4 is 11.8 Å². The van der Waals surface area contributed by atoms with Gasteiger partial charge in [-0.05, 0) is 23.8 Å². The summed E-state index contributed by atoms with van der Waals surface area (Å²) in [5.41, 5.74) is 0.956. The fraction of sp³-hybridized carbons (Fsp3) is 0.444. The van der Waals surface area contributed by atoms with Gasteiger partial charge in [0.25, 0.3) is 0 Å². The molecule has 25 heavy (non-hydrogen) atoms. The topological polar surface area (TPSA) is 44.7 Å². The fourth-order valence-electron chi connectivity index (χ4n) is 2.91. The Hall–Kier alpha value is -2.41. The second-order valence-corrected chi connectivity index (χ2v) is 6.34. The molecule has 2 heterocycles. The summed E-state index contributed by atoms with van der Waals surface area (Å²) in [6.07, 6.45) is 1.80. The number of aromatic nitrogens is 2. The molecule has 1 aliphatic heterocycles. The third-order valence-electron chi connectivity index (χ3n) is 4.36. The lowest BCUT2D eigenvalue weighted by molar-refractivity contribution is 0.248. The smallest absolute Gasteiger partial charge is 0.227 e. The van der Waals surface area contributed by atoms with Crippen molar-refractivity contribution in [2.24, 2.45) is 0 Å². The fourth-order valence-corrected chi connectivity index (χ4v) is 2.91. The summed E-state index contributed by atoms with van der Waals surface area (Å²) >= 11 is 0. The van der Waals surface area contributed by atoms with Crippen molar-refractivity contribution < 1.29 is 9.13 Å². The van der Waals surface area contributed by atoms with Crippen molar-refractivity contribution in [3.63, 3.8) is 0 Å². The number of anilines is 2. The molecule has 0 amide bonds. The molecular weight excluding hydrogens is 321 g/mol. The van der Waals surface area contributed by atoms with Crippen molar-refractivity contribution in [2.75, 3.05) is 57.2 Å². The molecule has 1 aromatic heterocycles. The molecule has 1 saturated heterocycles. The highest BCUT2D eigenvalue weighted by molar-refractivity contribution is 5.42. The minimum atomic E-state index is -0.312. The van der Waals surface area contributed by atoms with Gasteiger partial charge in [0.15, 0.2) is 11.6 Å². The van der Waals surface area contributed by atoms with Crippen LogP contribution in [0.1, 0.15) is 5.56 Å². The van der Waals surface area contributed by atoms with Crippen LogP contribution in [0.2, 0.25) is 0 Å². The number of ether oxygens (including phenoxy) is 1. The van der Waals surface area contributed by atoms with Gasteiger partial charge in [-0.15, -0.1) is 0 Å².